The van der Waals surface area contributed by atoms with E-state index in [0.717, 1.165) is 43.2 Å². The van der Waals surface area contributed by atoms with Crippen LogP contribution >= 0.6 is 0 Å². The summed E-state index contributed by atoms with van der Waals surface area (Å²) in [5, 5.41) is -0.636. The zero-order chi connectivity index (χ0) is 20.0. The van der Waals surface area contributed by atoms with Crippen molar-refractivity contribution in [3.8, 4) is 11.5 Å². The average molecular weight is 412 g/mol. The first-order valence-electron chi connectivity index (χ1n) is 10.4. The average Bonchev–Trinajstić information content (AvgIpc) is 2.71. The molecule has 29 heavy (non-hydrogen) atoms. The van der Waals surface area contributed by atoms with E-state index >= 15 is 0 Å². The van der Waals surface area contributed by atoms with Crippen LogP contribution in [0.25, 0.3) is 0 Å². The van der Waals surface area contributed by atoms with Gasteiger partial charge in [-0.2, -0.15) is 0 Å². The lowest BCUT2D eigenvalue weighted by atomic mass is 9.86. The molecule has 2 aromatic rings. The molecule has 3 aliphatic rings. The molecule has 6 heteroatoms. The van der Waals surface area contributed by atoms with E-state index in [-0.39, 0.29) is 11.2 Å². The largest absolute Gasteiger partial charge is 0.457 e. The lowest BCUT2D eigenvalue weighted by Crippen LogP contribution is -2.59. The second-order valence-electron chi connectivity index (χ2n) is 8.32. The molecule has 2 aromatic carbocycles. The van der Waals surface area contributed by atoms with Crippen LogP contribution in [0.1, 0.15) is 49.1 Å². The molecule has 5 nitrogen and oxygen atoms in total. The van der Waals surface area contributed by atoms with Crippen LogP contribution in [-0.4, -0.2) is 42.8 Å². The van der Waals surface area contributed by atoms with Crippen molar-refractivity contribution >= 4 is 15.7 Å². The van der Waals surface area contributed by atoms with Gasteiger partial charge in [-0.15, -0.1) is 0 Å². The highest BCUT2D eigenvalue weighted by molar-refractivity contribution is 7.92. The second kappa shape index (κ2) is 7.17. The summed E-state index contributed by atoms with van der Waals surface area (Å²) in [7, 11) is -3.16. The molecule has 152 valence electrons. The molecule has 1 amide bonds. The number of likely N-dealkylation sites (tertiary alicyclic amines) is 1. The van der Waals surface area contributed by atoms with Crippen molar-refractivity contribution in [2.45, 2.75) is 48.5 Å². The summed E-state index contributed by atoms with van der Waals surface area (Å²) in [6, 6.07) is 15.2. The van der Waals surface area contributed by atoms with Gasteiger partial charge in [-0.05, 0) is 25.0 Å². The smallest absolute Gasteiger partial charge is 0.234 e. The van der Waals surface area contributed by atoms with Gasteiger partial charge in [0.25, 0.3) is 0 Å². The molecule has 0 N–H and O–H groups in total. The molecular formula is C23H25NO4S. The van der Waals surface area contributed by atoms with Crippen LogP contribution in [0.2, 0.25) is 0 Å². The first-order valence-corrected chi connectivity index (χ1v) is 12.0. The number of para-hydroxylation sites is 2. The quantitative estimate of drug-likeness (QED) is 0.769. The first kappa shape index (κ1) is 18.7. The van der Waals surface area contributed by atoms with Crippen LogP contribution in [0.5, 0.6) is 11.5 Å². The molecule has 0 aromatic heterocycles. The maximum atomic E-state index is 13.4. The highest BCUT2D eigenvalue weighted by Gasteiger charge is 2.46. The van der Waals surface area contributed by atoms with E-state index in [0.29, 0.717) is 24.6 Å². The Hall–Kier alpha value is -2.34. The zero-order valence-corrected chi connectivity index (χ0v) is 17.1. The van der Waals surface area contributed by atoms with Gasteiger partial charge in [0, 0.05) is 24.2 Å². The lowest BCUT2D eigenvalue weighted by Gasteiger charge is -2.43. The fraction of sp³-hybridized carbons (Fsp3) is 0.435. The van der Waals surface area contributed by atoms with Crippen molar-refractivity contribution in [3.05, 3.63) is 59.7 Å². The highest BCUT2D eigenvalue weighted by Crippen LogP contribution is 2.45. The van der Waals surface area contributed by atoms with Gasteiger partial charge in [0.15, 0.2) is 9.84 Å². The van der Waals surface area contributed by atoms with Crippen LogP contribution in [0.3, 0.4) is 0 Å². The lowest BCUT2D eigenvalue weighted by molar-refractivity contribution is -0.135. The number of carbonyl (C=O) groups excluding carboxylic acids is 1. The molecule has 0 radical (unpaired) electrons. The molecule has 2 aliphatic heterocycles. The summed E-state index contributed by atoms with van der Waals surface area (Å²) in [5.74, 6) is 0.894. The second-order valence-corrected chi connectivity index (χ2v) is 10.8. The molecule has 0 bridgehead atoms. The monoisotopic (exact) mass is 411 g/mol. The molecule has 1 saturated heterocycles. The van der Waals surface area contributed by atoms with E-state index < -0.39 is 21.0 Å². The molecule has 0 atom stereocenters. The van der Waals surface area contributed by atoms with Gasteiger partial charge >= 0.3 is 0 Å². The summed E-state index contributed by atoms with van der Waals surface area (Å²) >= 11 is 0. The fourth-order valence-electron chi connectivity index (χ4n) is 4.85. The number of hydrogen-bond donors (Lipinski definition) is 0. The Morgan fingerprint density at radius 3 is 1.97 bits per heavy atom. The highest BCUT2D eigenvalue weighted by atomic mass is 32.2. The summed E-state index contributed by atoms with van der Waals surface area (Å²) in [6.07, 6.45) is 4.66. The van der Waals surface area contributed by atoms with E-state index in [1.807, 2.05) is 48.5 Å². The number of hydrogen-bond acceptors (Lipinski definition) is 4. The van der Waals surface area contributed by atoms with Crippen LogP contribution in [0.15, 0.2) is 48.5 Å². The van der Waals surface area contributed by atoms with Crippen molar-refractivity contribution in [1.29, 1.82) is 0 Å². The van der Waals surface area contributed by atoms with Crippen LogP contribution in [-0.2, 0) is 14.6 Å². The summed E-state index contributed by atoms with van der Waals surface area (Å²) in [4.78, 5) is 15.1. The number of benzene rings is 2. The molecule has 2 fully saturated rings. The minimum absolute atomic E-state index is 0.0386. The third-order valence-electron chi connectivity index (χ3n) is 6.57. The standard InChI is InChI=1S/C23H25NO4S/c25-23(24-14-17(15-24)29(26,27)16-8-2-1-3-9-16)22-18-10-4-6-12-20(18)28-21-13-7-5-11-19(21)22/h4-7,10-13,16-17,22H,1-3,8-9,14-15H2. The fourth-order valence-corrected chi connectivity index (χ4v) is 7.16. The van der Waals surface area contributed by atoms with E-state index in [4.69, 9.17) is 4.74 Å². The SMILES string of the molecule is O=C(C1c2ccccc2Oc2ccccc21)N1CC(S(=O)(=O)C2CCCCC2)C1. The van der Waals surface area contributed by atoms with Crippen molar-refractivity contribution in [2.24, 2.45) is 0 Å². The number of ether oxygens (including phenoxy) is 1. The number of carbonyl (C=O) groups is 1. The van der Waals surface area contributed by atoms with E-state index in [1.54, 1.807) is 4.90 Å². The summed E-state index contributed by atoms with van der Waals surface area (Å²) in [5.41, 5.74) is 1.68. The Morgan fingerprint density at radius 1 is 0.828 bits per heavy atom. The maximum Gasteiger partial charge on any atom is 0.234 e. The predicted octanol–water partition coefficient (Wildman–Crippen LogP) is 3.88. The minimum atomic E-state index is -3.16. The number of nitrogens with zero attached hydrogens (tertiary/aromatic N) is 1. The molecule has 2 heterocycles. The normalized spacial score (nSPS) is 20.3. The Morgan fingerprint density at radius 2 is 1.38 bits per heavy atom. The molecule has 0 spiro atoms. The topological polar surface area (TPSA) is 63.7 Å². The van der Waals surface area contributed by atoms with Crippen molar-refractivity contribution in [1.82, 2.24) is 4.90 Å². The minimum Gasteiger partial charge on any atom is -0.457 e. The predicted molar refractivity (Wildman–Crippen MR) is 111 cm³/mol. The van der Waals surface area contributed by atoms with Gasteiger partial charge in [-0.25, -0.2) is 8.42 Å². The van der Waals surface area contributed by atoms with E-state index in [1.165, 1.54) is 0 Å². The maximum absolute atomic E-state index is 13.4. The Bertz CT molecular complexity index is 991. The molecule has 1 saturated carbocycles. The molecule has 1 aliphatic carbocycles. The van der Waals surface area contributed by atoms with Gasteiger partial charge in [0.05, 0.1) is 16.4 Å². The van der Waals surface area contributed by atoms with E-state index in [2.05, 4.69) is 0 Å². The van der Waals surface area contributed by atoms with E-state index in [9.17, 15) is 13.2 Å². The summed E-state index contributed by atoms with van der Waals surface area (Å²) < 4.78 is 31.9. The van der Waals surface area contributed by atoms with Crippen LogP contribution in [0, 0.1) is 0 Å². The van der Waals surface area contributed by atoms with Gasteiger partial charge < -0.3 is 9.64 Å². The van der Waals surface area contributed by atoms with Crippen molar-refractivity contribution in [3.63, 3.8) is 0 Å². The van der Waals surface area contributed by atoms with Gasteiger partial charge in [-0.1, -0.05) is 55.7 Å². The van der Waals surface area contributed by atoms with Crippen LogP contribution in [0.4, 0.5) is 0 Å². The van der Waals surface area contributed by atoms with Crippen molar-refractivity contribution < 1.29 is 17.9 Å². The van der Waals surface area contributed by atoms with Gasteiger partial charge in [0.1, 0.15) is 11.5 Å². The third kappa shape index (κ3) is 3.14. The number of sulfone groups is 1. The zero-order valence-electron chi connectivity index (χ0n) is 16.3. The Kier molecular flexibility index (Phi) is 4.62. The number of rotatable bonds is 3. The van der Waals surface area contributed by atoms with Crippen LogP contribution < -0.4 is 4.74 Å². The molecule has 5 rings (SSSR count). The molecular weight excluding hydrogens is 386 g/mol. The number of fused-ring (bicyclic) bond motifs is 2. The summed E-state index contributed by atoms with van der Waals surface area (Å²) in [6.45, 7) is 0.610. The van der Waals surface area contributed by atoms with Gasteiger partial charge in [0.2, 0.25) is 5.91 Å². The third-order valence-corrected chi connectivity index (χ3v) is 9.20. The van der Waals surface area contributed by atoms with Crippen molar-refractivity contribution in [2.75, 3.05) is 13.1 Å². The number of amides is 1. The van der Waals surface area contributed by atoms with Gasteiger partial charge in [-0.3, -0.25) is 4.79 Å². The molecule has 0 unspecified atom stereocenters. The first-order chi connectivity index (χ1) is 14.1. The Labute approximate surface area is 171 Å². The Balaban J connectivity index is 1.37.